The summed E-state index contributed by atoms with van der Waals surface area (Å²) in [7, 11) is 1.59. The van der Waals surface area contributed by atoms with Crippen LogP contribution in [-0.4, -0.2) is 48.9 Å². The molecule has 0 saturated heterocycles. The number of likely N-dealkylation sites (N-methyl/N-ethyl adjacent to an activating group) is 1. The summed E-state index contributed by atoms with van der Waals surface area (Å²) in [5.41, 5.74) is 3.48. The molecule has 0 spiro atoms. The predicted molar refractivity (Wildman–Crippen MR) is 116 cm³/mol. The molecular formula is C23H27N3O4. The van der Waals surface area contributed by atoms with Crippen LogP contribution in [0.15, 0.2) is 42.5 Å². The van der Waals surface area contributed by atoms with E-state index in [-0.39, 0.29) is 37.2 Å². The molecule has 0 saturated carbocycles. The number of carbonyl (C=O) groups excluding carboxylic acids is 3. The lowest BCUT2D eigenvalue weighted by atomic mass is 10.1. The molecule has 0 aromatic heterocycles. The zero-order chi connectivity index (χ0) is 21.8. The van der Waals surface area contributed by atoms with E-state index in [0.717, 1.165) is 16.8 Å². The summed E-state index contributed by atoms with van der Waals surface area (Å²) in [5, 5.41) is 2.85. The Kier molecular flexibility index (Phi) is 6.40. The number of carbonyl (C=O) groups is 3. The number of fused-ring (bicyclic) bond motifs is 1. The molecule has 158 valence electrons. The molecule has 7 heteroatoms. The SMILES string of the molecule is Cc1cccc(NC(=O)CN(C)C(=O)CCN2C(=O)[C@H](C)Oc3ccccc32)c1C. The molecule has 0 unspecified atom stereocenters. The number of para-hydroxylation sites is 2. The number of amides is 3. The summed E-state index contributed by atoms with van der Waals surface area (Å²) >= 11 is 0. The van der Waals surface area contributed by atoms with E-state index in [1.807, 2.05) is 44.2 Å². The normalized spacial score (nSPS) is 15.3. The van der Waals surface area contributed by atoms with Crippen LogP contribution < -0.4 is 15.0 Å². The second-order valence-electron chi connectivity index (χ2n) is 7.51. The highest BCUT2D eigenvalue weighted by Crippen LogP contribution is 2.33. The van der Waals surface area contributed by atoms with Crippen molar-refractivity contribution in [3.05, 3.63) is 53.6 Å². The topological polar surface area (TPSA) is 79.0 Å². The first-order valence-corrected chi connectivity index (χ1v) is 9.95. The minimum absolute atomic E-state index is 0.0593. The Morgan fingerprint density at radius 3 is 2.63 bits per heavy atom. The summed E-state index contributed by atoms with van der Waals surface area (Å²) < 4.78 is 5.62. The zero-order valence-electron chi connectivity index (χ0n) is 17.8. The summed E-state index contributed by atoms with van der Waals surface area (Å²) in [5.74, 6) is -0.0355. The lowest BCUT2D eigenvalue weighted by Gasteiger charge is -2.33. The van der Waals surface area contributed by atoms with Gasteiger partial charge in [0.25, 0.3) is 5.91 Å². The molecule has 1 atom stereocenters. The van der Waals surface area contributed by atoms with Crippen LogP contribution in [0.3, 0.4) is 0 Å². The van der Waals surface area contributed by atoms with Crippen molar-refractivity contribution in [3.8, 4) is 5.75 Å². The fourth-order valence-electron chi connectivity index (χ4n) is 3.37. The maximum absolute atomic E-state index is 12.6. The van der Waals surface area contributed by atoms with E-state index in [0.29, 0.717) is 11.4 Å². The van der Waals surface area contributed by atoms with Gasteiger partial charge >= 0.3 is 0 Å². The third kappa shape index (κ3) is 4.62. The first kappa shape index (κ1) is 21.4. The molecule has 7 nitrogen and oxygen atoms in total. The molecular weight excluding hydrogens is 382 g/mol. The van der Waals surface area contributed by atoms with Crippen LogP contribution in [0.4, 0.5) is 11.4 Å². The van der Waals surface area contributed by atoms with Gasteiger partial charge < -0.3 is 19.9 Å². The van der Waals surface area contributed by atoms with Gasteiger partial charge in [-0.15, -0.1) is 0 Å². The Morgan fingerprint density at radius 1 is 1.13 bits per heavy atom. The van der Waals surface area contributed by atoms with E-state index in [1.54, 1.807) is 31.0 Å². The predicted octanol–water partition coefficient (Wildman–Crippen LogP) is 2.90. The average Bonchev–Trinajstić information content (AvgIpc) is 2.71. The van der Waals surface area contributed by atoms with Crippen molar-refractivity contribution in [3.63, 3.8) is 0 Å². The fourth-order valence-corrected chi connectivity index (χ4v) is 3.37. The van der Waals surface area contributed by atoms with Crippen LogP contribution >= 0.6 is 0 Å². The van der Waals surface area contributed by atoms with Crippen molar-refractivity contribution < 1.29 is 19.1 Å². The van der Waals surface area contributed by atoms with Gasteiger partial charge in [-0.1, -0.05) is 24.3 Å². The fraction of sp³-hybridized carbons (Fsp3) is 0.348. The monoisotopic (exact) mass is 409 g/mol. The number of benzene rings is 2. The van der Waals surface area contributed by atoms with Gasteiger partial charge in [-0.3, -0.25) is 14.4 Å². The Morgan fingerprint density at radius 2 is 1.87 bits per heavy atom. The van der Waals surface area contributed by atoms with Crippen LogP contribution in [-0.2, 0) is 14.4 Å². The van der Waals surface area contributed by atoms with Crippen LogP contribution in [0.25, 0.3) is 0 Å². The Hall–Kier alpha value is -3.35. The summed E-state index contributed by atoms with van der Waals surface area (Å²) in [6.07, 6.45) is -0.490. The second kappa shape index (κ2) is 8.98. The average molecular weight is 409 g/mol. The molecule has 2 aromatic rings. The Balaban J connectivity index is 1.57. The smallest absolute Gasteiger partial charge is 0.267 e. The third-order valence-corrected chi connectivity index (χ3v) is 5.31. The van der Waals surface area contributed by atoms with E-state index in [4.69, 9.17) is 4.74 Å². The van der Waals surface area contributed by atoms with Gasteiger partial charge in [-0.2, -0.15) is 0 Å². The number of hydrogen-bond acceptors (Lipinski definition) is 4. The molecule has 1 heterocycles. The number of nitrogens with zero attached hydrogens (tertiary/aromatic N) is 2. The first-order chi connectivity index (χ1) is 14.3. The largest absolute Gasteiger partial charge is 0.479 e. The van der Waals surface area contributed by atoms with Crippen LogP contribution in [0, 0.1) is 13.8 Å². The first-order valence-electron chi connectivity index (χ1n) is 9.95. The maximum atomic E-state index is 12.6. The number of hydrogen-bond donors (Lipinski definition) is 1. The van der Waals surface area contributed by atoms with Crippen molar-refractivity contribution in [1.82, 2.24) is 4.90 Å². The Labute approximate surface area is 176 Å². The summed E-state index contributed by atoms with van der Waals surface area (Å²) in [6.45, 7) is 5.78. The lowest BCUT2D eigenvalue weighted by molar-refractivity contribution is -0.133. The van der Waals surface area contributed by atoms with Gasteiger partial charge in [0.1, 0.15) is 5.75 Å². The molecule has 30 heavy (non-hydrogen) atoms. The minimum Gasteiger partial charge on any atom is -0.479 e. The van der Waals surface area contributed by atoms with E-state index in [1.165, 1.54) is 4.90 Å². The van der Waals surface area contributed by atoms with Gasteiger partial charge in [0, 0.05) is 25.7 Å². The van der Waals surface area contributed by atoms with Crippen molar-refractivity contribution in [1.29, 1.82) is 0 Å². The molecule has 1 aliphatic rings. The molecule has 1 aliphatic heterocycles. The number of nitrogens with one attached hydrogen (secondary N) is 1. The third-order valence-electron chi connectivity index (χ3n) is 5.31. The highest BCUT2D eigenvalue weighted by Gasteiger charge is 2.31. The highest BCUT2D eigenvalue weighted by atomic mass is 16.5. The van der Waals surface area contributed by atoms with Crippen molar-refractivity contribution in [2.24, 2.45) is 0 Å². The van der Waals surface area contributed by atoms with Crippen LogP contribution in [0.2, 0.25) is 0 Å². The van der Waals surface area contributed by atoms with E-state index in [9.17, 15) is 14.4 Å². The summed E-state index contributed by atoms with van der Waals surface area (Å²) in [4.78, 5) is 40.4. The molecule has 3 amide bonds. The van der Waals surface area contributed by atoms with Crippen LogP contribution in [0.5, 0.6) is 5.75 Å². The molecule has 1 N–H and O–H groups in total. The van der Waals surface area contributed by atoms with E-state index >= 15 is 0 Å². The van der Waals surface area contributed by atoms with Crippen molar-refractivity contribution >= 4 is 29.1 Å². The van der Waals surface area contributed by atoms with Gasteiger partial charge in [-0.25, -0.2) is 0 Å². The molecule has 2 aromatic carbocycles. The molecule has 0 aliphatic carbocycles. The highest BCUT2D eigenvalue weighted by molar-refractivity contribution is 6.00. The maximum Gasteiger partial charge on any atom is 0.267 e. The van der Waals surface area contributed by atoms with Crippen molar-refractivity contribution in [2.75, 3.05) is 30.4 Å². The van der Waals surface area contributed by atoms with Gasteiger partial charge in [0.15, 0.2) is 6.10 Å². The molecule has 3 rings (SSSR count). The van der Waals surface area contributed by atoms with Crippen molar-refractivity contribution in [2.45, 2.75) is 33.3 Å². The summed E-state index contributed by atoms with van der Waals surface area (Å²) in [6, 6.07) is 13.0. The molecule has 0 fully saturated rings. The number of anilines is 2. The number of rotatable bonds is 6. The van der Waals surface area contributed by atoms with E-state index < -0.39 is 6.10 Å². The van der Waals surface area contributed by atoms with Crippen LogP contribution in [0.1, 0.15) is 24.5 Å². The minimum atomic E-state index is -0.601. The zero-order valence-corrected chi connectivity index (χ0v) is 17.8. The van der Waals surface area contributed by atoms with Gasteiger partial charge in [0.05, 0.1) is 12.2 Å². The molecule has 0 bridgehead atoms. The standard InChI is InChI=1S/C23H27N3O4/c1-15-8-7-9-18(16(15)2)24-21(27)14-25(4)22(28)12-13-26-19-10-5-6-11-20(19)30-17(3)23(26)29/h5-11,17H,12-14H2,1-4H3,(H,24,27)/t17-/m0/s1. The second-order valence-corrected chi connectivity index (χ2v) is 7.51. The number of aryl methyl sites for hydroxylation is 1. The van der Waals surface area contributed by atoms with Gasteiger partial charge in [-0.05, 0) is 50.1 Å². The Bertz CT molecular complexity index is 973. The quantitative estimate of drug-likeness (QED) is 0.796. The number of ether oxygens (including phenoxy) is 1. The molecule has 0 radical (unpaired) electrons. The lowest BCUT2D eigenvalue weighted by Crippen LogP contribution is -2.46. The van der Waals surface area contributed by atoms with Gasteiger partial charge in [0.2, 0.25) is 11.8 Å². The van der Waals surface area contributed by atoms with E-state index in [2.05, 4.69) is 5.32 Å².